The van der Waals surface area contributed by atoms with Crippen molar-refractivity contribution in [2.45, 2.75) is 38.8 Å². The van der Waals surface area contributed by atoms with Crippen molar-refractivity contribution < 1.29 is 0 Å². The van der Waals surface area contributed by atoms with Gasteiger partial charge in [0.25, 0.3) is 0 Å². The molecule has 1 atom stereocenters. The number of nitrogens with one attached hydrogen (secondary N) is 2. The summed E-state index contributed by atoms with van der Waals surface area (Å²) in [6.45, 7) is 3.62. The molecule has 1 aliphatic heterocycles. The fourth-order valence-electron chi connectivity index (χ4n) is 3.77. The third-order valence-corrected chi connectivity index (χ3v) is 5.10. The third kappa shape index (κ3) is 4.63. The number of benzene rings is 2. The van der Waals surface area contributed by atoms with Gasteiger partial charge in [-0.25, -0.2) is 9.67 Å². The molecular formula is C21H27IN6. The van der Waals surface area contributed by atoms with Gasteiger partial charge in [0.2, 0.25) is 0 Å². The van der Waals surface area contributed by atoms with Crippen molar-refractivity contribution in [3.05, 3.63) is 59.7 Å². The van der Waals surface area contributed by atoms with E-state index in [0.29, 0.717) is 6.04 Å². The van der Waals surface area contributed by atoms with Gasteiger partial charge in [0, 0.05) is 26.1 Å². The van der Waals surface area contributed by atoms with Crippen LogP contribution < -0.4 is 10.6 Å². The predicted octanol–water partition coefficient (Wildman–Crippen LogP) is 3.08. The summed E-state index contributed by atoms with van der Waals surface area (Å²) in [5.41, 5.74) is 1.36. The van der Waals surface area contributed by atoms with Gasteiger partial charge in [-0.1, -0.05) is 42.5 Å². The summed E-state index contributed by atoms with van der Waals surface area (Å²) in [4.78, 5) is 8.86. The van der Waals surface area contributed by atoms with Gasteiger partial charge in [-0.05, 0) is 36.1 Å². The highest BCUT2D eigenvalue weighted by Gasteiger charge is 2.21. The third-order valence-electron chi connectivity index (χ3n) is 5.10. The van der Waals surface area contributed by atoms with Crippen LogP contribution >= 0.6 is 24.0 Å². The van der Waals surface area contributed by atoms with Crippen molar-refractivity contribution >= 4 is 40.7 Å². The number of nitrogens with zero attached hydrogens (tertiary/aromatic N) is 4. The van der Waals surface area contributed by atoms with Crippen molar-refractivity contribution in [2.24, 2.45) is 4.99 Å². The maximum atomic E-state index is 4.47. The first-order valence-electron chi connectivity index (χ1n) is 9.57. The number of halogens is 1. The van der Waals surface area contributed by atoms with Gasteiger partial charge in [0.15, 0.2) is 5.96 Å². The van der Waals surface area contributed by atoms with E-state index >= 15 is 0 Å². The number of aryl methyl sites for hydroxylation is 2. The van der Waals surface area contributed by atoms with E-state index in [2.05, 4.69) is 68.2 Å². The monoisotopic (exact) mass is 490 g/mol. The fourth-order valence-corrected chi connectivity index (χ4v) is 3.77. The quantitative estimate of drug-likeness (QED) is 0.335. The van der Waals surface area contributed by atoms with Crippen LogP contribution in [0.5, 0.6) is 0 Å². The smallest absolute Gasteiger partial charge is 0.191 e. The van der Waals surface area contributed by atoms with Gasteiger partial charge in [0.05, 0.1) is 6.54 Å². The predicted molar refractivity (Wildman–Crippen MR) is 124 cm³/mol. The lowest BCUT2D eigenvalue weighted by atomic mass is 10.0. The molecule has 28 heavy (non-hydrogen) atoms. The molecule has 0 saturated carbocycles. The Morgan fingerprint density at radius 1 is 1.21 bits per heavy atom. The zero-order valence-electron chi connectivity index (χ0n) is 16.4. The molecule has 3 aromatic rings. The van der Waals surface area contributed by atoms with E-state index in [0.717, 1.165) is 50.0 Å². The molecule has 148 valence electrons. The highest BCUT2D eigenvalue weighted by molar-refractivity contribution is 14.0. The van der Waals surface area contributed by atoms with Crippen LogP contribution in [0.15, 0.2) is 47.5 Å². The molecule has 2 N–H and O–H groups in total. The molecule has 0 spiro atoms. The molecule has 6 nitrogen and oxygen atoms in total. The average molecular weight is 490 g/mol. The zero-order valence-corrected chi connectivity index (χ0v) is 18.7. The second kappa shape index (κ2) is 9.36. The van der Waals surface area contributed by atoms with Crippen LogP contribution in [0.2, 0.25) is 0 Å². The van der Waals surface area contributed by atoms with Crippen LogP contribution in [0.25, 0.3) is 10.8 Å². The Morgan fingerprint density at radius 3 is 2.89 bits per heavy atom. The van der Waals surface area contributed by atoms with E-state index in [1.165, 1.54) is 16.3 Å². The fraction of sp³-hybridized carbons (Fsp3) is 0.381. The maximum Gasteiger partial charge on any atom is 0.191 e. The summed E-state index contributed by atoms with van der Waals surface area (Å²) in [5.74, 6) is 2.79. The van der Waals surface area contributed by atoms with E-state index in [4.69, 9.17) is 0 Å². The van der Waals surface area contributed by atoms with E-state index in [-0.39, 0.29) is 24.0 Å². The summed E-state index contributed by atoms with van der Waals surface area (Å²) >= 11 is 0. The highest BCUT2D eigenvalue weighted by Crippen LogP contribution is 2.18. The molecule has 4 rings (SSSR count). The van der Waals surface area contributed by atoms with Crippen LogP contribution in [0.4, 0.5) is 0 Å². The normalized spacial score (nSPS) is 16.4. The molecule has 0 saturated heterocycles. The van der Waals surface area contributed by atoms with Crippen molar-refractivity contribution in [1.82, 2.24) is 25.4 Å². The Labute approximate surface area is 182 Å². The van der Waals surface area contributed by atoms with Gasteiger partial charge in [-0.2, -0.15) is 5.10 Å². The average Bonchev–Trinajstić information content (AvgIpc) is 3.06. The first kappa shape index (κ1) is 20.6. The Kier molecular flexibility index (Phi) is 6.88. The first-order valence-corrected chi connectivity index (χ1v) is 9.57. The summed E-state index contributed by atoms with van der Waals surface area (Å²) in [5, 5.41) is 14.1. The topological polar surface area (TPSA) is 67.1 Å². The van der Waals surface area contributed by atoms with Gasteiger partial charge in [0.1, 0.15) is 11.6 Å². The first-order chi connectivity index (χ1) is 13.2. The molecule has 2 heterocycles. The lowest BCUT2D eigenvalue weighted by Crippen LogP contribution is -2.47. The lowest BCUT2D eigenvalue weighted by Gasteiger charge is -2.25. The molecular weight excluding hydrogens is 463 g/mol. The van der Waals surface area contributed by atoms with Crippen LogP contribution in [-0.2, 0) is 19.4 Å². The van der Waals surface area contributed by atoms with E-state index < -0.39 is 0 Å². The summed E-state index contributed by atoms with van der Waals surface area (Å²) < 4.78 is 2.01. The Balaban J connectivity index is 0.00000225. The van der Waals surface area contributed by atoms with Gasteiger partial charge >= 0.3 is 0 Å². The van der Waals surface area contributed by atoms with Crippen molar-refractivity contribution in [3.8, 4) is 0 Å². The Morgan fingerprint density at radius 2 is 2.04 bits per heavy atom. The highest BCUT2D eigenvalue weighted by atomic mass is 127. The molecule has 1 aromatic heterocycles. The van der Waals surface area contributed by atoms with Crippen molar-refractivity contribution in [3.63, 3.8) is 0 Å². The molecule has 0 fully saturated rings. The largest absolute Gasteiger partial charge is 0.356 e. The van der Waals surface area contributed by atoms with Gasteiger partial charge in [-0.3, -0.25) is 4.99 Å². The number of aliphatic imine (C=N–C) groups is 1. The Bertz CT molecular complexity index is 959. The van der Waals surface area contributed by atoms with E-state index in [1.54, 1.807) is 0 Å². The number of hydrogen-bond acceptors (Lipinski definition) is 3. The maximum absolute atomic E-state index is 4.47. The minimum absolute atomic E-state index is 0. The van der Waals surface area contributed by atoms with E-state index in [1.807, 2.05) is 18.7 Å². The lowest BCUT2D eigenvalue weighted by molar-refractivity contribution is 0.392. The molecule has 2 aromatic carbocycles. The SMILES string of the molecule is CN=C(NCCc1cccc2ccccc12)NC1CCc2nc(C)nn2C1.I. The molecule has 0 amide bonds. The summed E-state index contributed by atoms with van der Waals surface area (Å²) in [7, 11) is 1.82. The summed E-state index contributed by atoms with van der Waals surface area (Å²) in [6, 6.07) is 15.4. The van der Waals surface area contributed by atoms with Crippen LogP contribution in [0.1, 0.15) is 23.6 Å². The van der Waals surface area contributed by atoms with Gasteiger partial charge < -0.3 is 10.6 Å². The standard InChI is InChI=1S/C21H26N6.HI/c1-15-24-20-11-10-18(14-27(20)26-15)25-21(22-2)23-13-12-17-8-5-7-16-6-3-4-9-19(16)17;/h3-9,18H,10-14H2,1-2H3,(H2,22,23,25);1H. The van der Waals surface area contributed by atoms with Gasteiger partial charge in [-0.15, -0.1) is 24.0 Å². The van der Waals surface area contributed by atoms with Crippen molar-refractivity contribution in [1.29, 1.82) is 0 Å². The van der Waals surface area contributed by atoms with Crippen LogP contribution in [0.3, 0.4) is 0 Å². The van der Waals surface area contributed by atoms with E-state index in [9.17, 15) is 0 Å². The Hall–Kier alpha value is -2.16. The molecule has 0 aliphatic carbocycles. The molecule has 1 unspecified atom stereocenters. The minimum atomic E-state index is 0. The number of rotatable bonds is 4. The molecule has 0 radical (unpaired) electrons. The van der Waals surface area contributed by atoms with Crippen molar-refractivity contribution in [2.75, 3.05) is 13.6 Å². The second-order valence-electron chi connectivity index (χ2n) is 7.02. The minimum Gasteiger partial charge on any atom is -0.356 e. The molecule has 7 heteroatoms. The molecule has 1 aliphatic rings. The number of hydrogen-bond donors (Lipinski definition) is 2. The number of guanidine groups is 1. The zero-order chi connectivity index (χ0) is 18.6. The number of fused-ring (bicyclic) bond motifs is 2. The second-order valence-corrected chi connectivity index (χ2v) is 7.02. The summed E-state index contributed by atoms with van der Waals surface area (Å²) in [6.07, 6.45) is 2.95. The van der Waals surface area contributed by atoms with Crippen LogP contribution in [0, 0.1) is 6.92 Å². The molecule has 0 bridgehead atoms. The number of aromatic nitrogens is 3. The van der Waals surface area contributed by atoms with Crippen LogP contribution in [-0.4, -0.2) is 40.4 Å².